The Bertz CT molecular complexity index is 701. The van der Waals surface area contributed by atoms with Gasteiger partial charge in [0, 0.05) is 25.3 Å². The summed E-state index contributed by atoms with van der Waals surface area (Å²) in [7, 11) is -3.64. The van der Waals surface area contributed by atoms with Crippen LogP contribution in [0, 0.1) is 5.92 Å². The second-order valence-corrected chi connectivity index (χ2v) is 7.39. The topological polar surface area (TPSA) is 90.0 Å². The number of hydrogen-bond donors (Lipinski definition) is 2. The monoisotopic (exact) mass is 358 g/mol. The number of sulfonamides is 1. The summed E-state index contributed by atoms with van der Waals surface area (Å²) in [5.74, 6) is 0.421. The normalized spacial score (nSPS) is 12.9. The van der Waals surface area contributed by atoms with Gasteiger partial charge in [0.1, 0.15) is 0 Å². The molecule has 0 fully saturated rings. The molecule has 2 aromatic rings. The molecule has 0 aliphatic rings. The van der Waals surface area contributed by atoms with Crippen LogP contribution in [0.25, 0.3) is 0 Å². The van der Waals surface area contributed by atoms with Crippen LogP contribution in [0.1, 0.15) is 25.5 Å². The molecule has 6 nitrogen and oxygen atoms in total. The van der Waals surface area contributed by atoms with Gasteiger partial charge in [-0.1, -0.05) is 44.2 Å². The molecule has 0 bridgehead atoms. The maximum Gasteiger partial charge on any atom is 0.259 e. The van der Waals surface area contributed by atoms with E-state index in [0.29, 0.717) is 5.92 Å². The summed E-state index contributed by atoms with van der Waals surface area (Å²) >= 11 is 0. The number of halogens is 1. The molecule has 0 aliphatic carbocycles. The predicted molar refractivity (Wildman–Crippen MR) is 92.9 cm³/mol. The zero-order valence-electron chi connectivity index (χ0n) is 13.2. The van der Waals surface area contributed by atoms with Gasteiger partial charge in [0.2, 0.25) is 0 Å². The van der Waals surface area contributed by atoms with E-state index in [0.717, 1.165) is 12.1 Å². The first-order valence-electron chi connectivity index (χ1n) is 7.20. The highest BCUT2D eigenvalue weighted by atomic mass is 35.5. The number of hydrogen-bond acceptors (Lipinski definition) is 4. The van der Waals surface area contributed by atoms with Crippen molar-refractivity contribution in [1.29, 1.82) is 0 Å². The number of nitrogens with one attached hydrogen (secondary N) is 1. The summed E-state index contributed by atoms with van der Waals surface area (Å²) in [5.41, 5.74) is 6.88. The zero-order valence-corrected chi connectivity index (χ0v) is 14.8. The fourth-order valence-electron chi connectivity index (χ4n) is 2.09. The Morgan fingerprint density at radius 2 is 1.91 bits per heavy atom. The van der Waals surface area contributed by atoms with E-state index in [4.69, 9.17) is 5.73 Å². The van der Waals surface area contributed by atoms with Crippen LogP contribution in [0.3, 0.4) is 0 Å². The standard InChI is InChI=1S/C15H22N4O2S.ClH/c1-12(2)9-19-10-15(17-11-19)22(20,21)18-8-14(16)13-6-4-3-5-7-13;/h3-7,10-12,14,18H,8-9,16H2,1-2H3;1H. The van der Waals surface area contributed by atoms with E-state index in [1.54, 1.807) is 4.57 Å². The van der Waals surface area contributed by atoms with Gasteiger partial charge in [-0.2, -0.15) is 0 Å². The lowest BCUT2D eigenvalue weighted by Gasteiger charge is -2.12. The summed E-state index contributed by atoms with van der Waals surface area (Å²) < 4.78 is 28.7. The van der Waals surface area contributed by atoms with Crippen molar-refractivity contribution in [2.75, 3.05) is 6.54 Å². The second-order valence-electron chi connectivity index (χ2n) is 5.67. The lowest BCUT2D eigenvalue weighted by molar-refractivity contribution is 0.521. The maximum atomic E-state index is 12.2. The lowest BCUT2D eigenvalue weighted by atomic mass is 10.1. The van der Waals surface area contributed by atoms with Crippen LogP contribution in [0.4, 0.5) is 0 Å². The van der Waals surface area contributed by atoms with Crippen molar-refractivity contribution in [3.8, 4) is 0 Å². The number of aromatic nitrogens is 2. The Balaban J connectivity index is 0.00000264. The van der Waals surface area contributed by atoms with Gasteiger partial charge in [0.05, 0.1) is 6.33 Å². The van der Waals surface area contributed by atoms with Crippen LogP contribution >= 0.6 is 12.4 Å². The molecule has 0 aliphatic heterocycles. The fourth-order valence-corrected chi connectivity index (χ4v) is 3.10. The van der Waals surface area contributed by atoms with Crippen LogP contribution in [0.5, 0.6) is 0 Å². The van der Waals surface area contributed by atoms with E-state index < -0.39 is 16.1 Å². The molecule has 1 atom stereocenters. The molecule has 8 heteroatoms. The average Bonchev–Trinajstić information content (AvgIpc) is 2.94. The summed E-state index contributed by atoms with van der Waals surface area (Å²) in [4.78, 5) is 3.96. The summed E-state index contributed by atoms with van der Waals surface area (Å²) in [6.07, 6.45) is 3.07. The summed E-state index contributed by atoms with van der Waals surface area (Å²) in [5, 5.41) is 0.0217. The van der Waals surface area contributed by atoms with E-state index in [2.05, 4.69) is 23.6 Å². The van der Waals surface area contributed by atoms with Gasteiger partial charge >= 0.3 is 0 Å². The molecule has 0 amide bonds. The molecule has 0 saturated carbocycles. The third-order valence-electron chi connectivity index (χ3n) is 3.18. The van der Waals surface area contributed by atoms with E-state index >= 15 is 0 Å². The second kappa shape index (κ2) is 8.44. The molecule has 0 radical (unpaired) electrons. The van der Waals surface area contributed by atoms with E-state index in [9.17, 15) is 8.42 Å². The van der Waals surface area contributed by atoms with Gasteiger partial charge in [-0.15, -0.1) is 12.4 Å². The third kappa shape index (κ3) is 5.62. The quantitative estimate of drug-likeness (QED) is 0.791. The minimum absolute atomic E-state index is 0. The van der Waals surface area contributed by atoms with Crippen molar-refractivity contribution in [3.63, 3.8) is 0 Å². The van der Waals surface area contributed by atoms with Crippen LogP contribution in [0.15, 0.2) is 47.9 Å². The van der Waals surface area contributed by atoms with Crippen LogP contribution in [0.2, 0.25) is 0 Å². The van der Waals surface area contributed by atoms with Crippen molar-refractivity contribution < 1.29 is 8.42 Å². The summed E-state index contributed by atoms with van der Waals surface area (Å²) in [6.45, 7) is 4.98. The van der Waals surface area contributed by atoms with Crippen LogP contribution in [-0.2, 0) is 16.6 Å². The Kier molecular flexibility index (Phi) is 7.21. The molecule has 1 aromatic heterocycles. The first kappa shape index (κ1) is 19.6. The first-order valence-corrected chi connectivity index (χ1v) is 8.69. The molecule has 1 heterocycles. The van der Waals surface area contributed by atoms with E-state index in [1.807, 2.05) is 30.3 Å². The van der Waals surface area contributed by atoms with Crippen molar-refractivity contribution in [3.05, 3.63) is 48.4 Å². The highest BCUT2D eigenvalue weighted by molar-refractivity contribution is 7.89. The third-order valence-corrected chi connectivity index (χ3v) is 4.49. The molecular formula is C15H23ClN4O2S. The number of benzene rings is 1. The molecule has 0 spiro atoms. The molecule has 1 unspecified atom stereocenters. The Morgan fingerprint density at radius 1 is 1.26 bits per heavy atom. The van der Waals surface area contributed by atoms with Crippen LogP contribution < -0.4 is 10.5 Å². The van der Waals surface area contributed by atoms with Crippen LogP contribution in [-0.4, -0.2) is 24.5 Å². The van der Waals surface area contributed by atoms with E-state index in [-0.39, 0.29) is 24.0 Å². The Morgan fingerprint density at radius 3 is 2.52 bits per heavy atom. The van der Waals surface area contributed by atoms with E-state index in [1.165, 1.54) is 12.5 Å². The number of imidazole rings is 1. The predicted octanol–water partition coefficient (Wildman–Crippen LogP) is 1.94. The molecule has 2 rings (SSSR count). The largest absolute Gasteiger partial charge is 0.336 e. The van der Waals surface area contributed by atoms with Gasteiger partial charge in [-0.25, -0.2) is 18.1 Å². The fraction of sp³-hybridized carbons (Fsp3) is 0.400. The minimum atomic E-state index is -3.64. The maximum absolute atomic E-state index is 12.2. The van der Waals surface area contributed by atoms with Gasteiger partial charge in [0.25, 0.3) is 10.0 Å². The smallest absolute Gasteiger partial charge is 0.259 e. The minimum Gasteiger partial charge on any atom is -0.336 e. The highest BCUT2D eigenvalue weighted by Crippen LogP contribution is 2.11. The van der Waals surface area contributed by atoms with Crippen molar-refractivity contribution >= 4 is 22.4 Å². The van der Waals surface area contributed by atoms with Gasteiger partial charge < -0.3 is 10.3 Å². The van der Waals surface area contributed by atoms with Gasteiger partial charge in [-0.3, -0.25) is 0 Å². The van der Waals surface area contributed by atoms with Crippen molar-refractivity contribution in [2.24, 2.45) is 11.7 Å². The molecule has 0 saturated heterocycles. The Hall–Kier alpha value is -1.41. The summed E-state index contributed by atoms with van der Waals surface area (Å²) in [6, 6.07) is 8.98. The molecular weight excluding hydrogens is 336 g/mol. The number of nitrogens with two attached hydrogens (primary N) is 1. The average molecular weight is 359 g/mol. The molecule has 23 heavy (non-hydrogen) atoms. The molecule has 3 N–H and O–H groups in total. The van der Waals surface area contributed by atoms with Crippen molar-refractivity contribution in [1.82, 2.24) is 14.3 Å². The first-order chi connectivity index (χ1) is 10.4. The van der Waals surface area contributed by atoms with Crippen molar-refractivity contribution in [2.45, 2.75) is 31.5 Å². The number of rotatable bonds is 7. The molecule has 1 aromatic carbocycles. The lowest BCUT2D eigenvalue weighted by Crippen LogP contribution is -2.32. The Labute approximate surface area is 143 Å². The highest BCUT2D eigenvalue weighted by Gasteiger charge is 2.19. The zero-order chi connectivity index (χ0) is 16.2. The number of nitrogens with zero attached hydrogens (tertiary/aromatic N) is 2. The molecule has 128 valence electrons. The van der Waals surface area contributed by atoms with Gasteiger partial charge in [0.15, 0.2) is 5.03 Å². The SMILES string of the molecule is CC(C)Cn1cnc(S(=O)(=O)NCC(N)c2ccccc2)c1.Cl. The van der Waals surface area contributed by atoms with Gasteiger partial charge in [-0.05, 0) is 11.5 Å².